The van der Waals surface area contributed by atoms with Crippen LogP contribution in [-0.4, -0.2) is 38.6 Å². The standard InChI is InChI=1S/C23H24N2O4/c1-26-20-11-7-16(13-22(20)28-3)5-9-18-15-19(25-24-18)10-6-17-8-12-21(27-2)23(14-17)29-4/h5-15H,1-4H3,(H,24,25)/b9-5+,10-6+. The van der Waals surface area contributed by atoms with Gasteiger partial charge in [0.15, 0.2) is 23.0 Å². The summed E-state index contributed by atoms with van der Waals surface area (Å²) in [6.07, 6.45) is 7.85. The minimum atomic E-state index is 0.690. The molecular weight excluding hydrogens is 368 g/mol. The summed E-state index contributed by atoms with van der Waals surface area (Å²) < 4.78 is 21.2. The predicted octanol–water partition coefficient (Wildman–Crippen LogP) is 4.78. The molecule has 29 heavy (non-hydrogen) atoms. The summed E-state index contributed by atoms with van der Waals surface area (Å²) in [6.45, 7) is 0. The lowest BCUT2D eigenvalue weighted by atomic mass is 10.1. The van der Waals surface area contributed by atoms with Crippen molar-refractivity contribution in [1.29, 1.82) is 0 Å². The number of hydrogen-bond donors (Lipinski definition) is 1. The second kappa shape index (κ2) is 9.50. The maximum absolute atomic E-state index is 5.33. The van der Waals surface area contributed by atoms with Crippen molar-refractivity contribution in [2.75, 3.05) is 28.4 Å². The van der Waals surface area contributed by atoms with Gasteiger partial charge in [0.25, 0.3) is 0 Å². The van der Waals surface area contributed by atoms with Crippen LogP contribution in [0.1, 0.15) is 22.5 Å². The lowest BCUT2D eigenvalue weighted by Gasteiger charge is -2.07. The van der Waals surface area contributed by atoms with E-state index >= 15 is 0 Å². The van der Waals surface area contributed by atoms with Gasteiger partial charge in [0.2, 0.25) is 0 Å². The molecule has 0 aliphatic rings. The Morgan fingerprint density at radius 3 is 1.66 bits per heavy atom. The van der Waals surface area contributed by atoms with Gasteiger partial charge in [-0.15, -0.1) is 0 Å². The fourth-order valence-corrected chi connectivity index (χ4v) is 2.80. The van der Waals surface area contributed by atoms with Crippen LogP contribution in [0.15, 0.2) is 42.5 Å². The Labute approximate surface area is 170 Å². The molecule has 0 aliphatic heterocycles. The molecule has 0 fully saturated rings. The molecule has 1 aromatic heterocycles. The fraction of sp³-hybridized carbons (Fsp3) is 0.174. The van der Waals surface area contributed by atoms with Crippen molar-refractivity contribution in [3.05, 3.63) is 65.0 Å². The fourth-order valence-electron chi connectivity index (χ4n) is 2.80. The lowest BCUT2D eigenvalue weighted by molar-refractivity contribution is 0.355. The van der Waals surface area contributed by atoms with Crippen LogP contribution in [0.4, 0.5) is 0 Å². The molecule has 1 N–H and O–H groups in total. The Bertz CT molecular complexity index is 941. The molecule has 0 aliphatic carbocycles. The second-order valence-electron chi connectivity index (χ2n) is 6.14. The highest BCUT2D eigenvalue weighted by molar-refractivity contribution is 5.73. The number of benzene rings is 2. The van der Waals surface area contributed by atoms with Crippen LogP contribution in [0.5, 0.6) is 23.0 Å². The maximum atomic E-state index is 5.33. The average Bonchev–Trinajstić information content (AvgIpc) is 3.23. The highest BCUT2D eigenvalue weighted by Gasteiger charge is 2.04. The Morgan fingerprint density at radius 1 is 0.621 bits per heavy atom. The predicted molar refractivity (Wildman–Crippen MR) is 116 cm³/mol. The van der Waals surface area contributed by atoms with Crippen molar-refractivity contribution in [2.24, 2.45) is 0 Å². The second-order valence-corrected chi connectivity index (χ2v) is 6.14. The van der Waals surface area contributed by atoms with Crippen LogP contribution >= 0.6 is 0 Å². The Morgan fingerprint density at radius 2 is 1.14 bits per heavy atom. The van der Waals surface area contributed by atoms with Crippen LogP contribution < -0.4 is 18.9 Å². The van der Waals surface area contributed by atoms with Crippen LogP contribution in [0.2, 0.25) is 0 Å². The summed E-state index contributed by atoms with van der Waals surface area (Å²) in [6, 6.07) is 13.5. The zero-order chi connectivity index (χ0) is 20.6. The van der Waals surface area contributed by atoms with Crippen LogP contribution in [0.25, 0.3) is 24.3 Å². The van der Waals surface area contributed by atoms with Crippen molar-refractivity contribution in [3.8, 4) is 23.0 Å². The van der Waals surface area contributed by atoms with E-state index in [1.54, 1.807) is 28.4 Å². The van der Waals surface area contributed by atoms with Crippen molar-refractivity contribution >= 4 is 24.3 Å². The minimum Gasteiger partial charge on any atom is -0.493 e. The van der Waals surface area contributed by atoms with Crippen molar-refractivity contribution < 1.29 is 18.9 Å². The highest BCUT2D eigenvalue weighted by Crippen LogP contribution is 2.29. The molecule has 6 nitrogen and oxygen atoms in total. The zero-order valence-corrected chi connectivity index (χ0v) is 16.9. The van der Waals surface area contributed by atoms with Crippen LogP contribution in [-0.2, 0) is 0 Å². The van der Waals surface area contributed by atoms with E-state index in [1.165, 1.54) is 0 Å². The van der Waals surface area contributed by atoms with E-state index in [-0.39, 0.29) is 0 Å². The van der Waals surface area contributed by atoms with Gasteiger partial charge in [-0.1, -0.05) is 24.3 Å². The summed E-state index contributed by atoms with van der Waals surface area (Å²) in [5.74, 6) is 2.79. The number of ether oxygens (including phenoxy) is 4. The van der Waals surface area contributed by atoms with Crippen molar-refractivity contribution in [2.45, 2.75) is 0 Å². The van der Waals surface area contributed by atoms with Gasteiger partial charge in [-0.2, -0.15) is 5.10 Å². The van der Waals surface area contributed by atoms with E-state index in [1.807, 2.05) is 66.8 Å². The monoisotopic (exact) mass is 392 g/mol. The summed E-state index contributed by atoms with van der Waals surface area (Å²) in [5, 5.41) is 7.33. The first-order valence-corrected chi connectivity index (χ1v) is 9.02. The number of nitrogens with zero attached hydrogens (tertiary/aromatic N) is 1. The van der Waals surface area contributed by atoms with Gasteiger partial charge in [0, 0.05) is 0 Å². The highest BCUT2D eigenvalue weighted by atomic mass is 16.5. The number of hydrogen-bond acceptors (Lipinski definition) is 5. The van der Waals surface area contributed by atoms with E-state index in [2.05, 4.69) is 10.2 Å². The number of aromatic amines is 1. The third kappa shape index (κ3) is 4.99. The van der Waals surface area contributed by atoms with Crippen LogP contribution in [0, 0.1) is 0 Å². The lowest BCUT2D eigenvalue weighted by Crippen LogP contribution is -1.90. The van der Waals surface area contributed by atoms with Gasteiger partial charge in [0.1, 0.15) is 0 Å². The molecule has 3 aromatic rings. The van der Waals surface area contributed by atoms with Gasteiger partial charge in [0.05, 0.1) is 39.8 Å². The molecule has 0 unspecified atom stereocenters. The minimum absolute atomic E-state index is 0.690. The first-order chi connectivity index (χ1) is 14.2. The number of rotatable bonds is 8. The first kappa shape index (κ1) is 20.1. The molecule has 1 heterocycles. The summed E-state index contributed by atoms with van der Waals surface area (Å²) >= 11 is 0. The quantitative estimate of drug-likeness (QED) is 0.597. The van der Waals surface area contributed by atoms with Gasteiger partial charge < -0.3 is 18.9 Å². The number of H-pyrrole nitrogens is 1. The molecule has 0 saturated heterocycles. The van der Waals surface area contributed by atoms with Gasteiger partial charge in [-0.3, -0.25) is 5.10 Å². The van der Waals surface area contributed by atoms with Crippen molar-refractivity contribution in [1.82, 2.24) is 10.2 Å². The SMILES string of the molecule is COc1ccc(/C=C/c2cc(/C=C/c3ccc(OC)c(OC)c3)[nH]n2)cc1OC. The Balaban J connectivity index is 1.71. The number of nitrogens with one attached hydrogen (secondary N) is 1. The van der Waals surface area contributed by atoms with Gasteiger partial charge >= 0.3 is 0 Å². The zero-order valence-electron chi connectivity index (χ0n) is 16.9. The average molecular weight is 392 g/mol. The Kier molecular flexibility index (Phi) is 6.58. The van der Waals surface area contributed by atoms with E-state index in [4.69, 9.17) is 18.9 Å². The molecule has 2 aromatic carbocycles. The summed E-state index contributed by atoms with van der Waals surface area (Å²) in [7, 11) is 6.48. The molecule has 0 saturated carbocycles. The van der Waals surface area contributed by atoms with E-state index in [9.17, 15) is 0 Å². The molecule has 0 amide bonds. The third-order valence-corrected chi connectivity index (χ3v) is 4.33. The van der Waals surface area contributed by atoms with Gasteiger partial charge in [-0.05, 0) is 53.6 Å². The first-order valence-electron chi connectivity index (χ1n) is 9.02. The smallest absolute Gasteiger partial charge is 0.161 e. The largest absolute Gasteiger partial charge is 0.493 e. The summed E-state index contributed by atoms with van der Waals surface area (Å²) in [5.41, 5.74) is 3.71. The molecule has 150 valence electrons. The molecule has 0 bridgehead atoms. The molecule has 0 atom stereocenters. The molecule has 0 spiro atoms. The van der Waals surface area contributed by atoms with Crippen LogP contribution in [0.3, 0.4) is 0 Å². The Hall–Kier alpha value is -3.67. The third-order valence-electron chi connectivity index (χ3n) is 4.33. The van der Waals surface area contributed by atoms with E-state index in [0.29, 0.717) is 23.0 Å². The molecular formula is C23H24N2O4. The van der Waals surface area contributed by atoms with Crippen molar-refractivity contribution in [3.63, 3.8) is 0 Å². The normalized spacial score (nSPS) is 11.2. The molecule has 3 rings (SSSR count). The van der Waals surface area contributed by atoms with E-state index < -0.39 is 0 Å². The van der Waals surface area contributed by atoms with Gasteiger partial charge in [-0.25, -0.2) is 0 Å². The maximum Gasteiger partial charge on any atom is 0.161 e. The summed E-state index contributed by atoms with van der Waals surface area (Å²) in [4.78, 5) is 0. The number of aromatic nitrogens is 2. The topological polar surface area (TPSA) is 65.6 Å². The van der Waals surface area contributed by atoms with E-state index in [0.717, 1.165) is 22.5 Å². The number of methoxy groups -OCH3 is 4. The molecule has 6 heteroatoms. The molecule has 0 radical (unpaired) electrons.